The number of methoxy groups -OCH3 is 1. The largest absolute Gasteiger partial charge is 0.504 e. The van der Waals surface area contributed by atoms with E-state index in [1.165, 1.54) is 7.11 Å². The molecule has 2 rings (SSSR count). The topological polar surface area (TPSA) is 54.4 Å². The molecule has 2 N–H and O–H groups in total. The molecular weight excluding hydrogens is 240 g/mol. The zero-order chi connectivity index (χ0) is 13.7. The number of nitrogens with one attached hydrogen (secondary N) is 1. The van der Waals surface area contributed by atoms with Gasteiger partial charge in [0.25, 0.3) is 0 Å². The van der Waals surface area contributed by atoms with E-state index < -0.39 is 0 Å². The monoisotopic (exact) mass is 258 g/mol. The Hall–Kier alpha value is -2.07. The van der Waals surface area contributed by atoms with Crippen LogP contribution < -0.4 is 10.1 Å². The minimum Gasteiger partial charge on any atom is -0.504 e. The summed E-state index contributed by atoms with van der Waals surface area (Å²) in [4.78, 5) is 4.10. The molecule has 1 atom stereocenters. The Labute approximate surface area is 113 Å². The SMILES string of the molecule is COc1ccc(CNC(C)c2cccnc2)cc1O. The number of phenolic OH excluding ortho intramolecular Hbond substituents is 1. The Kier molecular flexibility index (Phi) is 4.36. The van der Waals surface area contributed by atoms with E-state index in [0.29, 0.717) is 12.3 Å². The van der Waals surface area contributed by atoms with Crippen molar-refractivity contribution in [2.24, 2.45) is 0 Å². The standard InChI is InChI=1S/C15H18N2O2/c1-11(13-4-3-7-16-10-13)17-9-12-5-6-15(19-2)14(18)8-12/h3-8,10-11,17-18H,9H2,1-2H3. The van der Waals surface area contributed by atoms with Crippen LogP contribution in [0.4, 0.5) is 0 Å². The first kappa shape index (κ1) is 13.4. The molecule has 0 fully saturated rings. The van der Waals surface area contributed by atoms with Crippen molar-refractivity contribution >= 4 is 0 Å². The summed E-state index contributed by atoms with van der Waals surface area (Å²) < 4.78 is 5.02. The van der Waals surface area contributed by atoms with Gasteiger partial charge in [-0.05, 0) is 36.2 Å². The van der Waals surface area contributed by atoms with Crippen LogP contribution in [-0.4, -0.2) is 17.2 Å². The molecule has 0 bridgehead atoms. The van der Waals surface area contributed by atoms with E-state index in [9.17, 15) is 5.11 Å². The van der Waals surface area contributed by atoms with Gasteiger partial charge in [0.05, 0.1) is 7.11 Å². The van der Waals surface area contributed by atoms with Crippen LogP contribution in [-0.2, 0) is 6.54 Å². The third kappa shape index (κ3) is 3.45. The summed E-state index contributed by atoms with van der Waals surface area (Å²) in [5, 5.41) is 13.1. The van der Waals surface area contributed by atoms with Gasteiger partial charge in [-0.15, -0.1) is 0 Å². The Morgan fingerprint density at radius 3 is 2.84 bits per heavy atom. The third-order valence-corrected chi connectivity index (χ3v) is 3.04. The average Bonchev–Trinajstić information content (AvgIpc) is 2.46. The molecule has 1 heterocycles. The highest BCUT2D eigenvalue weighted by Gasteiger charge is 2.06. The minimum atomic E-state index is 0.163. The van der Waals surface area contributed by atoms with Gasteiger partial charge < -0.3 is 15.2 Å². The summed E-state index contributed by atoms with van der Waals surface area (Å²) in [7, 11) is 1.54. The number of nitrogens with zero attached hydrogens (tertiary/aromatic N) is 1. The fourth-order valence-corrected chi connectivity index (χ4v) is 1.87. The van der Waals surface area contributed by atoms with Gasteiger partial charge in [-0.25, -0.2) is 0 Å². The first-order valence-electron chi connectivity index (χ1n) is 6.20. The number of aromatic hydroxyl groups is 1. The molecule has 0 aliphatic rings. The van der Waals surface area contributed by atoms with Crippen LogP contribution in [0.1, 0.15) is 24.1 Å². The normalized spacial score (nSPS) is 12.1. The lowest BCUT2D eigenvalue weighted by molar-refractivity contribution is 0.373. The van der Waals surface area contributed by atoms with Gasteiger partial charge in [0, 0.05) is 25.0 Å². The molecule has 0 aliphatic heterocycles. The van der Waals surface area contributed by atoms with Crippen LogP contribution in [0.15, 0.2) is 42.7 Å². The molecular formula is C15H18N2O2. The van der Waals surface area contributed by atoms with Gasteiger partial charge >= 0.3 is 0 Å². The Bertz CT molecular complexity index is 529. The van der Waals surface area contributed by atoms with Crippen LogP contribution >= 0.6 is 0 Å². The van der Waals surface area contributed by atoms with Crippen LogP contribution in [0.25, 0.3) is 0 Å². The lowest BCUT2D eigenvalue weighted by Crippen LogP contribution is -2.18. The van der Waals surface area contributed by atoms with E-state index in [1.54, 1.807) is 18.3 Å². The Balaban J connectivity index is 1.97. The van der Waals surface area contributed by atoms with Gasteiger partial charge in [-0.2, -0.15) is 0 Å². The van der Waals surface area contributed by atoms with E-state index in [1.807, 2.05) is 24.4 Å². The lowest BCUT2D eigenvalue weighted by Gasteiger charge is -2.14. The van der Waals surface area contributed by atoms with Crippen LogP contribution in [0, 0.1) is 0 Å². The number of phenols is 1. The number of benzene rings is 1. The summed E-state index contributed by atoms with van der Waals surface area (Å²) in [5.74, 6) is 0.653. The quantitative estimate of drug-likeness (QED) is 0.865. The highest BCUT2D eigenvalue weighted by molar-refractivity contribution is 5.41. The van der Waals surface area contributed by atoms with Crippen molar-refractivity contribution in [3.05, 3.63) is 53.9 Å². The molecule has 0 aliphatic carbocycles. The van der Waals surface area contributed by atoms with Crippen molar-refractivity contribution < 1.29 is 9.84 Å². The molecule has 4 nitrogen and oxygen atoms in total. The summed E-state index contributed by atoms with van der Waals surface area (Å²) in [6.45, 7) is 2.76. The van der Waals surface area contributed by atoms with Crippen molar-refractivity contribution in [2.45, 2.75) is 19.5 Å². The molecule has 19 heavy (non-hydrogen) atoms. The van der Waals surface area contributed by atoms with Gasteiger partial charge in [0.2, 0.25) is 0 Å². The van der Waals surface area contributed by atoms with E-state index in [4.69, 9.17) is 4.74 Å². The summed E-state index contributed by atoms with van der Waals surface area (Å²) in [5.41, 5.74) is 2.15. The molecule has 1 unspecified atom stereocenters. The van der Waals surface area contributed by atoms with Crippen LogP contribution in [0.2, 0.25) is 0 Å². The smallest absolute Gasteiger partial charge is 0.160 e. The zero-order valence-electron chi connectivity index (χ0n) is 11.1. The molecule has 0 spiro atoms. The van der Waals surface area contributed by atoms with Crippen molar-refractivity contribution in [1.29, 1.82) is 0 Å². The molecule has 1 aromatic carbocycles. The number of hydrogen-bond acceptors (Lipinski definition) is 4. The predicted octanol–water partition coefficient (Wildman–Crippen LogP) is 2.65. The molecule has 0 saturated carbocycles. The predicted molar refractivity (Wildman–Crippen MR) is 74.2 cm³/mol. The molecule has 4 heteroatoms. The van der Waals surface area contributed by atoms with Gasteiger partial charge in [0.15, 0.2) is 11.5 Å². The lowest BCUT2D eigenvalue weighted by atomic mass is 10.1. The van der Waals surface area contributed by atoms with Crippen molar-refractivity contribution in [1.82, 2.24) is 10.3 Å². The first-order valence-corrected chi connectivity index (χ1v) is 6.20. The fraction of sp³-hybridized carbons (Fsp3) is 0.267. The first-order chi connectivity index (χ1) is 9.20. The molecule has 0 radical (unpaired) electrons. The Morgan fingerprint density at radius 1 is 1.37 bits per heavy atom. The van der Waals surface area contributed by atoms with E-state index in [0.717, 1.165) is 11.1 Å². The number of aromatic nitrogens is 1. The summed E-state index contributed by atoms with van der Waals surface area (Å²) >= 11 is 0. The second kappa shape index (κ2) is 6.20. The maximum absolute atomic E-state index is 9.71. The highest BCUT2D eigenvalue weighted by atomic mass is 16.5. The fourth-order valence-electron chi connectivity index (χ4n) is 1.87. The van der Waals surface area contributed by atoms with Crippen LogP contribution in [0.3, 0.4) is 0 Å². The number of rotatable bonds is 5. The average molecular weight is 258 g/mol. The van der Waals surface area contributed by atoms with Crippen molar-refractivity contribution in [3.8, 4) is 11.5 Å². The van der Waals surface area contributed by atoms with Crippen molar-refractivity contribution in [2.75, 3.05) is 7.11 Å². The summed E-state index contributed by atoms with van der Waals surface area (Å²) in [6.07, 6.45) is 3.61. The van der Waals surface area contributed by atoms with E-state index in [-0.39, 0.29) is 11.8 Å². The molecule has 0 saturated heterocycles. The van der Waals surface area contributed by atoms with Crippen LogP contribution in [0.5, 0.6) is 11.5 Å². The minimum absolute atomic E-state index is 0.163. The van der Waals surface area contributed by atoms with Gasteiger partial charge in [0.1, 0.15) is 0 Å². The molecule has 0 amide bonds. The molecule has 2 aromatic rings. The molecule has 1 aromatic heterocycles. The number of hydrogen-bond donors (Lipinski definition) is 2. The summed E-state index contributed by atoms with van der Waals surface area (Å²) in [6, 6.07) is 9.57. The maximum atomic E-state index is 9.71. The third-order valence-electron chi connectivity index (χ3n) is 3.04. The maximum Gasteiger partial charge on any atom is 0.160 e. The van der Waals surface area contributed by atoms with E-state index in [2.05, 4.69) is 17.2 Å². The van der Waals surface area contributed by atoms with Crippen molar-refractivity contribution in [3.63, 3.8) is 0 Å². The second-order valence-electron chi connectivity index (χ2n) is 4.40. The number of ether oxygens (including phenoxy) is 1. The molecule has 100 valence electrons. The Morgan fingerprint density at radius 2 is 2.21 bits per heavy atom. The van der Waals surface area contributed by atoms with Gasteiger partial charge in [-0.3, -0.25) is 4.98 Å². The van der Waals surface area contributed by atoms with Gasteiger partial charge in [-0.1, -0.05) is 12.1 Å². The highest BCUT2D eigenvalue weighted by Crippen LogP contribution is 2.26. The second-order valence-corrected chi connectivity index (χ2v) is 4.40. The zero-order valence-corrected chi connectivity index (χ0v) is 11.1. The number of pyridine rings is 1. The van der Waals surface area contributed by atoms with E-state index >= 15 is 0 Å².